The molecule has 0 aliphatic rings. The van der Waals surface area contributed by atoms with Crippen molar-refractivity contribution in [2.45, 2.75) is 11.3 Å². The van der Waals surface area contributed by atoms with E-state index in [0.717, 1.165) is 6.07 Å². The number of benzene rings is 1. The molecule has 1 rings (SSSR count). The van der Waals surface area contributed by atoms with E-state index in [1.807, 2.05) is 0 Å². The third-order valence-corrected chi connectivity index (χ3v) is 3.11. The Morgan fingerprint density at radius 3 is 2.82 bits per heavy atom. The molecular formula is C10H12FNO4S. The van der Waals surface area contributed by atoms with Gasteiger partial charge in [0.1, 0.15) is 5.82 Å². The van der Waals surface area contributed by atoms with Crippen molar-refractivity contribution < 1.29 is 19.2 Å². The highest BCUT2D eigenvalue weighted by molar-refractivity contribution is 7.99. The summed E-state index contributed by atoms with van der Waals surface area (Å²) >= 11 is 1.18. The molecule has 0 unspecified atom stereocenters. The first kappa shape index (κ1) is 13.7. The first-order valence-corrected chi connectivity index (χ1v) is 5.84. The first-order valence-electron chi connectivity index (χ1n) is 4.85. The molecule has 0 aromatic heterocycles. The van der Waals surface area contributed by atoms with Crippen molar-refractivity contribution in [3.63, 3.8) is 0 Å². The lowest BCUT2D eigenvalue weighted by atomic mass is 10.3. The average Bonchev–Trinajstić information content (AvgIpc) is 2.30. The third kappa shape index (κ3) is 3.57. The number of thioether (sulfide) groups is 1. The molecule has 0 saturated carbocycles. The molecule has 1 aromatic carbocycles. The van der Waals surface area contributed by atoms with Crippen LogP contribution in [0.2, 0.25) is 0 Å². The zero-order valence-electron chi connectivity index (χ0n) is 9.18. The van der Waals surface area contributed by atoms with Crippen molar-refractivity contribution in [3.05, 3.63) is 28.1 Å². The monoisotopic (exact) mass is 261 g/mol. The minimum atomic E-state index is -0.690. The van der Waals surface area contributed by atoms with Crippen LogP contribution in [0.15, 0.2) is 17.0 Å². The van der Waals surface area contributed by atoms with Crippen LogP contribution in [-0.2, 0) is 0 Å². The molecule has 0 heterocycles. The van der Waals surface area contributed by atoms with E-state index < -0.39 is 16.4 Å². The van der Waals surface area contributed by atoms with Gasteiger partial charge in [-0.1, -0.05) is 0 Å². The minimum Gasteiger partial charge on any atom is -0.490 e. The molecular weight excluding hydrogens is 249 g/mol. The van der Waals surface area contributed by atoms with Crippen molar-refractivity contribution in [2.75, 3.05) is 19.5 Å². The molecule has 0 bridgehead atoms. The molecule has 1 aromatic rings. The Hall–Kier alpha value is -1.34. The van der Waals surface area contributed by atoms with Gasteiger partial charge in [-0.3, -0.25) is 10.1 Å². The number of methoxy groups -OCH3 is 1. The Kier molecular flexibility index (Phi) is 5.17. The van der Waals surface area contributed by atoms with Gasteiger partial charge in [-0.2, -0.15) is 0 Å². The van der Waals surface area contributed by atoms with Crippen LogP contribution in [0, 0.1) is 15.9 Å². The highest BCUT2D eigenvalue weighted by atomic mass is 32.2. The summed E-state index contributed by atoms with van der Waals surface area (Å²) in [7, 11) is 1.29. The van der Waals surface area contributed by atoms with Gasteiger partial charge in [-0.05, 0) is 6.42 Å². The van der Waals surface area contributed by atoms with Crippen molar-refractivity contribution in [1.82, 2.24) is 0 Å². The number of aliphatic hydroxyl groups excluding tert-OH is 1. The number of hydrogen-bond donors (Lipinski definition) is 1. The Morgan fingerprint density at radius 1 is 1.59 bits per heavy atom. The predicted molar refractivity (Wildman–Crippen MR) is 62.0 cm³/mol. The van der Waals surface area contributed by atoms with E-state index in [1.165, 1.54) is 24.9 Å². The summed E-state index contributed by atoms with van der Waals surface area (Å²) in [6, 6.07) is 2.15. The van der Waals surface area contributed by atoms with Crippen LogP contribution in [0.1, 0.15) is 6.42 Å². The molecule has 94 valence electrons. The Bertz CT molecular complexity index is 414. The molecule has 0 amide bonds. The number of aliphatic hydroxyl groups is 1. The summed E-state index contributed by atoms with van der Waals surface area (Å²) in [6.45, 7) is 0.0265. The molecule has 0 fully saturated rings. The van der Waals surface area contributed by atoms with Gasteiger partial charge < -0.3 is 9.84 Å². The Labute approximate surface area is 102 Å². The number of nitro benzene ring substituents is 1. The van der Waals surface area contributed by atoms with E-state index in [1.54, 1.807) is 0 Å². The summed E-state index contributed by atoms with van der Waals surface area (Å²) in [4.78, 5) is 10.2. The van der Waals surface area contributed by atoms with Crippen molar-refractivity contribution in [2.24, 2.45) is 0 Å². The van der Waals surface area contributed by atoms with Gasteiger partial charge in [-0.15, -0.1) is 11.8 Å². The highest BCUT2D eigenvalue weighted by Crippen LogP contribution is 2.34. The van der Waals surface area contributed by atoms with Crippen LogP contribution in [0.3, 0.4) is 0 Å². The van der Waals surface area contributed by atoms with Gasteiger partial charge in [-0.25, -0.2) is 4.39 Å². The van der Waals surface area contributed by atoms with E-state index in [2.05, 4.69) is 0 Å². The molecule has 0 radical (unpaired) electrons. The van der Waals surface area contributed by atoms with Gasteiger partial charge >= 0.3 is 5.69 Å². The molecule has 0 spiro atoms. The second-order valence-corrected chi connectivity index (χ2v) is 4.27. The fourth-order valence-corrected chi connectivity index (χ4v) is 2.07. The van der Waals surface area contributed by atoms with Gasteiger partial charge in [0.25, 0.3) is 0 Å². The fourth-order valence-electron chi connectivity index (χ4n) is 1.19. The zero-order chi connectivity index (χ0) is 12.8. The van der Waals surface area contributed by atoms with Crippen molar-refractivity contribution >= 4 is 17.4 Å². The largest absolute Gasteiger partial charge is 0.490 e. The molecule has 0 saturated heterocycles. The Balaban J connectivity index is 2.96. The number of nitrogens with zero attached hydrogens (tertiary/aromatic N) is 1. The number of ether oxygens (including phenoxy) is 1. The van der Waals surface area contributed by atoms with E-state index in [0.29, 0.717) is 12.2 Å². The average molecular weight is 261 g/mol. The molecule has 17 heavy (non-hydrogen) atoms. The van der Waals surface area contributed by atoms with E-state index >= 15 is 0 Å². The lowest BCUT2D eigenvalue weighted by molar-refractivity contribution is -0.386. The summed E-state index contributed by atoms with van der Waals surface area (Å²) in [6.07, 6.45) is 0.531. The van der Waals surface area contributed by atoms with E-state index in [4.69, 9.17) is 9.84 Å². The van der Waals surface area contributed by atoms with E-state index in [9.17, 15) is 14.5 Å². The van der Waals surface area contributed by atoms with Crippen LogP contribution in [-0.4, -0.2) is 29.5 Å². The van der Waals surface area contributed by atoms with Crippen LogP contribution < -0.4 is 4.74 Å². The quantitative estimate of drug-likeness (QED) is 0.368. The molecule has 0 aliphatic heterocycles. The smallest absolute Gasteiger partial charge is 0.313 e. The number of nitro groups is 1. The zero-order valence-corrected chi connectivity index (χ0v) is 10.00. The normalized spacial score (nSPS) is 10.3. The molecule has 0 aliphatic carbocycles. The molecule has 5 nitrogen and oxygen atoms in total. The maximum absolute atomic E-state index is 13.5. The van der Waals surface area contributed by atoms with Gasteiger partial charge in [0, 0.05) is 23.3 Å². The van der Waals surface area contributed by atoms with Crippen molar-refractivity contribution in [1.29, 1.82) is 0 Å². The van der Waals surface area contributed by atoms with Gasteiger partial charge in [0.2, 0.25) is 0 Å². The Morgan fingerprint density at radius 2 is 2.29 bits per heavy atom. The summed E-state index contributed by atoms with van der Waals surface area (Å²) in [5.41, 5.74) is -0.392. The SMILES string of the molecule is COc1cc(SCCCO)c(F)cc1[N+](=O)[O-]. The summed E-state index contributed by atoms with van der Waals surface area (Å²) in [5, 5.41) is 19.2. The highest BCUT2D eigenvalue weighted by Gasteiger charge is 2.19. The number of rotatable bonds is 6. The maximum atomic E-state index is 13.5. The third-order valence-electron chi connectivity index (χ3n) is 1.99. The lowest BCUT2D eigenvalue weighted by Gasteiger charge is -2.06. The van der Waals surface area contributed by atoms with Gasteiger partial charge in [0.15, 0.2) is 5.75 Å². The second kappa shape index (κ2) is 6.41. The minimum absolute atomic E-state index is 0.0265. The van der Waals surface area contributed by atoms with E-state index in [-0.39, 0.29) is 17.3 Å². The standard InChI is InChI=1S/C10H12FNO4S/c1-16-9-6-10(17-4-2-3-13)7(11)5-8(9)12(14)15/h5-6,13H,2-4H2,1H3. The molecule has 1 N–H and O–H groups in total. The van der Waals surface area contributed by atoms with Crippen LogP contribution in [0.5, 0.6) is 5.75 Å². The summed E-state index contributed by atoms with van der Waals surface area (Å²) in [5.74, 6) is -0.0858. The number of hydrogen-bond acceptors (Lipinski definition) is 5. The second-order valence-electron chi connectivity index (χ2n) is 3.14. The predicted octanol–water partition coefficient (Wildman–Crippen LogP) is 2.22. The lowest BCUT2D eigenvalue weighted by Crippen LogP contribution is -1.96. The maximum Gasteiger partial charge on any atom is 0.313 e. The first-order chi connectivity index (χ1) is 8.10. The van der Waals surface area contributed by atoms with Gasteiger partial charge in [0.05, 0.1) is 18.1 Å². The molecule has 7 heteroatoms. The van der Waals surface area contributed by atoms with Crippen molar-refractivity contribution in [3.8, 4) is 5.75 Å². The number of halogens is 1. The topological polar surface area (TPSA) is 72.6 Å². The van der Waals surface area contributed by atoms with Crippen LogP contribution in [0.25, 0.3) is 0 Å². The fraction of sp³-hybridized carbons (Fsp3) is 0.400. The van der Waals surface area contributed by atoms with Crippen LogP contribution >= 0.6 is 11.8 Å². The molecule has 0 atom stereocenters. The summed E-state index contributed by atoms with van der Waals surface area (Å²) < 4.78 is 18.3. The van der Waals surface area contributed by atoms with Crippen LogP contribution in [0.4, 0.5) is 10.1 Å².